The summed E-state index contributed by atoms with van der Waals surface area (Å²) >= 11 is 0. The molecule has 0 spiro atoms. The van der Waals surface area contributed by atoms with Crippen LogP contribution in [0.25, 0.3) is 0 Å². The summed E-state index contributed by atoms with van der Waals surface area (Å²) in [4.78, 5) is 12.2. The number of carbonyl (C=O) groups is 1. The van der Waals surface area contributed by atoms with Crippen molar-refractivity contribution >= 4 is 5.78 Å². The third-order valence-corrected chi connectivity index (χ3v) is 3.05. The van der Waals surface area contributed by atoms with Gasteiger partial charge in [0.15, 0.2) is 5.78 Å². The van der Waals surface area contributed by atoms with Crippen molar-refractivity contribution in [2.75, 3.05) is 0 Å². The Morgan fingerprint density at radius 2 is 1.27 bits per heavy atom. The average molecular weight is 394 g/mol. The van der Waals surface area contributed by atoms with Crippen LogP contribution in [0.2, 0.25) is 0 Å². The van der Waals surface area contributed by atoms with E-state index in [4.69, 9.17) is 0 Å². The Morgan fingerprint density at radius 1 is 0.864 bits per heavy atom. The molecule has 2 rings (SSSR count). The molecule has 0 aliphatic rings. The first-order valence-electron chi connectivity index (χ1n) is 6.00. The van der Waals surface area contributed by atoms with Crippen molar-refractivity contribution in [2.24, 2.45) is 5.92 Å². The molecule has 2 aromatic carbocycles. The molecule has 0 amide bonds. The molecule has 116 valence electrons. The quantitative estimate of drug-likeness (QED) is 0.383. The zero-order valence-electron chi connectivity index (χ0n) is 11.9. The average Bonchev–Trinajstić information content (AvgIpc) is 2.47. The third kappa shape index (κ3) is 6.83. The molecule has 0 unspecified atom stereocenters. The molecule has 0 fully saturated rings. The number of hydrogen-bond donors (Lipinski definition) is 0. The predicted octanol–water partition coefficient (Wildman–Crippen LogP) is -6.38. The smallest absolute Gasteiger partial charge is 1.00 e. The van der Waals surface area contributed by atoms with E-state index in [1.54, 1.807) is 31.2 Å². The van der Waals surface area contributed by atoms with Gasteiger partial charge in [-0.05, 0) is 0 Å². The van der Waals surface area contributed by atoms with Gasteiger partial charge in [0.1, 0.15) is 0 Å². The molecule has 2 nitrogen and oxygen atoms in total. The Kier molecular flexibility index (Phi) is 15.8. The topological polar surface area (TPSA) is 40.1 Å². The minimum absolute atomic E-state index is 0. The van der Waals surface area contributed by atoms with Gasteiger partial charge in [0.25, 0.3) is 0 Å². The summed E-state index contributed by atoms with van der Waals surface area (Å²) in [5.74, 6) is -0.658. The van der Waals surface area contributed by atoms with E-state index in [2.05, 4.69) is 0 Å². The summed E-state index contributed by atoms with van der Waals surface area (Å²) in [6, 6.07) is 18.0. The van der Waals surface area contributed by atoms with Crippen LogP contribution in [0.1, 0.15) is 28.9 Å². The molecule has 0 radical (unpaired) electrons. The number of halogens is 3. The van der Waals surface area contributed by atoms with Crippen LogP contribution in [-0.4, -0.2) is 5.78 Å². The summed E-state index contributed by atoms with van der Waals surface area (Å²) in [5.41, 5.74) is 1.26. The van der Waals surface area contributed by atoms with Crippen molar-refractivity contribution in [2.45, 2.75) is 13.0 Å². The molecule has 6 heteroatoms. The summed E-state index contributed by atoms with van der Waals surface area (Å²) in [6.45, 7) is 1.69. The van der Waals surface area contributed by atoms with E-state index in [-0.39, 0.29) is 64.7 Å². The number of carbonyl (C=O) groups excluding carboxylic acids is 1. The van der Waals surface area contributed by atoms with Crippen molar-refractivity contribution in [3.63, 3.8) is 0 Å². The number of Topliss-reactive ketones (excluding diaryl/α,β-unsaturated/α-hetero) is 1. The van der Waals surface area contributed by atoms with Crippen molar-refractivity contribution in [3.8, 4) is 0 Å². The van der Waals surface area contributed by atoms with Crippen LogP contribution in [0, 0.1) is 5.92 Å². The van der Waals surface area contributed by atoms with Gasteiger partial charge in [-0.3, -0.25) is 4.79 Å². The second-order valence-electron chi connectivity index (χ2n) is 4.35. The Bertz CT molecular complexity index is 523. The summed E-state index contributed by atoms with van der Waals surface area (Å²) in [7, 11) is 0. The molecule has 2 aromatic rings. The maximum absolute atomic E-state index is 12.2. The normalized spacial score (nSPS) is 11.4. The molecule has 0 aliphatic carbocycles. The fourth-order valence-electron chi connectivity index (χ4n) is 1.93. The van der Waals surface area contributed by atoms with E-state index in [0.29, 0.717) is 11.1 Å². The van der Waals surface area contributed by atoms with E-state index >= 15 is 0 Å². The first-order valence-corrected chi connectivity index (χ1v) is 6.00. The van der Waals surface area contributed by atoms with Crippen molar-refractivity contribution in [3.05, 3.63) is 71.8 Å². The number of benzene rings is 2. The second kappa shape index (κ2) is 13.1. The summed E-state index contributed by atoms with van der Waals surface area (Å²) in [5, 5.41) is 12.2. The van der Waals surface area contributed by atoms with Crippen LogP contribution in [-0.2, 0) is 21.7 Å². The van der Waals surface area contributed by atoms with E-state index in [9.17, 15) is 9.90 Å². The molecule has 0 aliphatic heterocycles. The molecule has 0 bridgehead atoms. The Morgan fingerprint density at radius 3 is 1.73 bits per heavy atom. The minimum Gasteiger partial charge on any atom is -1.00 e. The number of rotatable bonds is 4. The predicted molar refractivity (Wildman–Crippen MR) is 69.1 cm³/mol. The maximum atomic E-state index is 12.2. The molecular formula is C16H15Cl3O2Ti. The van der Waals surface area contributed by atoms with Crippen LogP contribution >= 0.6 is 0 Å². The van der Waals surface area contributed by atoms with Crippen LogP contribution in [0.4, 0.5) is 0 Å². The molecule has 22 heavy (non-hydrogen) atoms. The van der Waals surface area contributed by atoms with Gasteiger partial charge >= 0.3 is 21.7 Å². The van der Waals surface area contributed by atoms with Gasteiger partial charge in [-0.1, -0.05) is 79.3 Å². The van der Waals surface area contributed by atoms with Crippen molar-refractivity contribution in [1.82, 2.24) is 0 Å². The fraction of sp³-hybridized carbons (Fsp3) is 0.188. The largest absolute Gasteiger partial charge is 4.00 e. The van der Waals surface area contributed by atoms with E-state index in [0.717, 1.165) is 0 Å². The Balaban J connectivity index is -0.000000902. The van der Waals surface area contributed by atoms with Crippen LogP contribution < -0.4 is 42.3 Å². The minimum atomic E-state index is -1.01. The van der Waals surface area contributed by atoms with Crippen LogP contribution in [0.15, 0.2) is 60.7 Å². The van der Waals surface area contributed by atoms with Gasteiger partial charge in [-0.15, -0.1) is 0 Å². The van der Waals surface area contributed by atoms with Gasteiger partial charge in [-0.2, -0.15) is 0 Å². The van der Waals surface area contributed by atoms with Crippen LogP contribution in [0.5, 0.6) is 0 Å². The monoisotopic (exact) mass is 392 g/mol. The van der Waals surface area contributed by atoms with Gasteiger partial charge in [0, 0.05) is 11.5 Å². The van der Waals surface area contributed by atoms with E-state index in [1.165, 1.54) is 0 Å². The maximum Gasteiger partial charge on any atom is 4.00 e. The summed E-state index contributed by atoms with van der Waals surface area (Å²) in [6.07, 6.45) is -1.01. The molecule has 0 N–H and O–H groups in total. The number of hydrogen-bond acceptors (Lipinski definition) is 2. The Labute approximate surface area is 164 Å². The van der Waals surface area contributed by atoms with Gasteiger partial charge in [0.2, 0.25) is 0 Å². The molecule has 0 aromatic heterocycles. The SMILES string of the molecule is C[C@@H](C(=O)c1ccccc1)[C@@H]([O-])c1ccccc1.[Cl-].[Cl-].[Cl-].[Ti+4]. The van der Waals surface area contributed by atoms with Crippen molar-refractivity contribution in [1.29, 1.82) is 0 Å². The molecule has 0 saturated carbocycles. The van der Waals surface area contributed by atoms with Crippen molar-refractivity contribution < 1.29 is 68.8 Å². The van der Waals surface area contributed by atoms with Crippen LogP contribution in [0.3, 0.4) is 0 Å². The molecule has 2 atom stereocenters. The number of ketones is 1. The summed E-state index contributed by atoms with van der Waals surface area (Å²) < 4.78 is 0. The van der Waals surface area contributed by atoms with Gasteiger partial charge in [-0.25, -0.2) is 0 Å². The third-order valence-electron chi connectivity index (χ3n) is 3.05. The molecule has 0 saturated heterocycles. The standard InChI is InChI=1S/C16H15O2.3ClH.Ti/c1-12(15(17)13-8-4-2-5-9-13)16(18)14-10-6-3-7-11-14;;;;/h2-12,15H,1H3;3*1H;/q-1;;;;+4/p-3/t12-,15-;;;;/m1..../s1. The first kappa shape index (κ1) is 26.5. The first-order chi connectivity index (χ1) is 8.70. The Hall–Kier alpha value is -0.346. The zero-order valence-corrected chi connectivity index (χ0v) is 15.7. The van der Waals surface area contributed by atoms with E-state index < -0.39 is 12.0 Å². The van der Waals surface area contributed by atoms with Gasteiger partial charge in [0.05, 0.1) is 0 Å². The second-order valence-corrected chi connectivity index (χ2v) is 4.35. The molecule has 0 heterocycles. The zero-order chi connectivity index (χ0) is 13.0. The van der Waals surface area contributed by atoms with Gasteiger partial charge < -0.3 is 42.3 Å². The fourth-order valence-corrected chi connectivity index (χ4v) is 1.93. The van der Waals surface area contributed by atoms with E-state index in [1.807, 2.05) is 36.4 Å². The molecular weight excluding hydrogens is 378 g/mol.